The maximum absolute atomic E-state index is 3.69. The second kappa shape index (κ2) is 17.7. The molecule has 1 nitrogen and oxygen atoms in total. The van der Waals surface area contributed by atoms with E-state index in [-0.39, 0.29) is 27.2 Å². The maximum atomic E-state index is 3.69. The molecule has 0 aliphatic rings. The Morgan fingerprint density at radius 3 is 0.917 bits per heavy atom. The maximum Gasteiger partial charge on any atom is 2.00 e. The van der Waals surface area contributed by atoms with Gasteiger partial charge in [-0.2, -0.15) is 12.8 Å². The van der Waals surface area contributed by atoms with E-state index in [1.54, 1.807) is 0 Å². The third kappa shape index (κ3) is 45.7. The molecule has 0 atom stereocenters. The number of rotatable bonds is 2. The molecule has 0 spiro atoms. The van der Waals surface area contributed by atoms with Crippen molar-refractivity contribution in [1.82, 2.24) is 0 Å². The van der Waals surface area contributed by atoms with E-state index in [9.17, 15) is 0 Å². The molecular formula is C10H24OTi. The fourth-order valence-corrected chi connectivity index (χ4v) is 0. The molecule has 0 aromatic carbocycles. The van der Waals surface area contributed by atoms with Crippen LogP contribution in [0, 0.1) is 25.7 Å². The second-order valence-corrected chi connectivity index (χ2v) is 3.37. The fraction of sp³-hybridized carbons (Fsp3) is 0.800. The molecule has 0 aromatic rings. The molecule has 2 heteroatoms. The molecule has 0 saturated carbocycles. The van der Waals surface area contributed by atoms with Crippen LogP contribution >= 0.6 is 0 Å². The average molecular weight is 208 g/mol. The zero-order valence-electron chi connectivity index (χ0n) is 8.98. The van der Waals surface area contributed by atoms with Gasteiger partial charge in [0.1, 0.15) is 0 Å². The zero-order chi connectivity index (χ0) is 8.57. The van der Waals surface area contributed by atoms with Gasteiger partial charge in [-0.25, -0.2) is 0 Å². The van der Waals surface area contributed by atoms with Crippen LogP contribution in [-0.4, -0.2) is 5.48 Å². The van der Waals surface area contributed by atoms with Crippen molar-refractivity contribution in [2.45, 2.75) is 40.5 Å². The molecule has 0 amide bonds. The predicted octanol–water partition coefficient (Wildman–Crippen LogP) is 2.91. The summed E-state index contributed by atoms with van der Waals surface area (Å²) in [6.07, 6.45) is 2.11. The van der Waals surface area contributed by atoms with E-state index in [1.165, 1.54) is 0 Å². The normalized spacial score (nSPS) is 8.00. The summed E-state index contributed by atoms with van der Waals surface area (Å²) < 4.78 is 0. The van der Waals surface area contributed by atoms with Crippen LogP contribution < -0.4 is 0 Å². The third-order valence-corrected chi connectivity index (χ3v) is 1.15. The van der Waals surface area contributed by atoms with Crippen LogP contribution in [0.1, 0.15) is 40.5 Å². The van der Waals surface area contributed by atoms with Gasteiger partial charge in [-0.05, 0) is 0 Å². The predicted molar refractivity (Wildman–Crippen MR) is 53.2 cm³/mol. The Balaban J connectivity index is -0.0000000457. The van der Waals surface area contributed by atoms with E-state index >= 15 is 0 Å². The molecule has 0 aromatic heterocycles. The standard InChI is InChI=1S/2C5H11.H2O.Ti/c2*1-4-5(2)3;;/h2*5H,1,4H2,2-3H3;1H2;/q2*-1;;+2. The number of hydrogen-bond donors (Lipinski definition) is 0. The quantitative estimate of drug-likeness (QED) is 0.493. The Labute approximate surface area is 93.5 Å². The zero-order valence-corrected chi connectivity index (χ0v) is 10.5. The van der Waals surface area contributed by atoms with Gasteiger partial charge < -0.3 is 19.3 Å². The van der Waals surface area contributed by atoms with Crippen LogP contribution in [0.3, 0.4) is 0 Å². The molecule has 0 aliphatic carbocycles. The van der Waals surface area contributed by atoms with Crippen LogP contribution in [-0.2, 0) is 21.7 Å². The number of hydrogen-bond acceptors (Lipinski definition) is 0. The Hall–Kier alpha value is 0.674. The van der Waals surface area contributed by atoms with Gasteiger partial charge in [0, 0.05) is 0 Å². The first kappa shape index (κ1) is 23.0. The van der Waals surface area contributed by atoms with E-state index in [0.29, 0.717) is 0 Å². The summed E-state index contributed by atoms with van der Waals surface area (Å²) in [5.41, 5.74) is 0. The van der Waals surface area contributed by atoms with Gasteiger partial charge in [0.25, 0.3) is 0 Å². The van der Waals surface area contributed by atoms with Crippen LogP contribution in [0.25, 0.3) is 0 Å². The first-order valence-corrected chi connectivity index (χ1v) is 4.13. The van der Waals surface area contributed by atoms with Crippen molar-refractivity contribution in [3.8, 4) is 0 Å². The first-order valence-electron chi connectivity index (χ1n) is 4.13. The van der Waals surface area contributed by atoms with Gasteiger partial charge in [-0.3, -0.25) is 0 Å². The molecule has 2 N–H and O–H groups in total. The Bertz CT molecular complexity index is 45.8. The van der Waals surface area contributed by atoms with Crippen LogP contribution in [0.4, 0.5) is 0 Å². The summed E-state index contributed by atoms with van der Waals surface area (Å²) in [5, 5.41) is 0. The topological polar surface area (TPSA) is 31.5 Å². The van der Waals surface area contributed by atoms with Crippen LogP contribution in [0.15, 0.2) is 0 Å². The summed E-state index contributed by atoms with van der Waals surface area (Å²) in [6.45, 7) is 16.0. The second-order valence-electron chi connectivity index (χ2n) is 3.37. The van der Waals surface area contributed by atoms with Crippen molar-refractivity contribution in [2.75, 3.05) is 0 Å². The average Bonchev–Trinajstić information content (AvgIpc) is 1.89. The van der Waals surface area contributed by atoms with Crippen molar-refractivity contribution >= 4 is 0 Å². The third-order valence-electron chi connectivity index (χ3n) is 1.15. The monoisotopic (exact) mass is 208 g/mol. The van der Waals surface area contributed by atoms with Crippen LogP contribution in [0.2, 0.25) is 0 Å². The fourth-order valence-electron chi connectivity index (χ4n) is 0. The van der Waals surface area contributed by atoms with Gasteiger partial charge in [0.15, 0.2) is 0 Å². The van der Waals surface area contributed by atoms with Gasteiger partial charge in [-0.1, -0.05) is 39.5 Å². The largest absolute Gasteiger partial charge is 2.00 e. The minimum atomic E-state index is 0. The van der Waals surface area contributed by atoms with E-state index in [4.69, 9.17) is 0 Å². The Kier molecular flexibility index (Phi) is 33.8. The van der Waals surface area contributed by atoms with Crippen LogP contribution in [0.5, 0.6) is 0 Å². The smallest absolute Gasteiger partial charge is 0.412 e. The molecule has 0 fully saturated rings. The molecule has 0 radical (unpaired) electrons. The molecule has 12 heavy (non-hydrogen) atoms. The van der Waals surface area contributed by atoms with Gasteiger partial charge in [0.05, 0.1) is 0 Å². The molecule has 0 bridgehead atoms. The summed E-state index contributed by atoms with van der Waals surface area (Å²) in [4.78, 5) is 0. The molecule has 0 heterocycles. The SMILES string of the molecule is O.[CH2-]CC(C)C.[CH2-]CC(C)C.[Ti+2]. The van der Waals surface area contributed by atoms with Crippen molar-refractivity contribution in [1.29, 1.82) is 0 Å². The van der Waals surface area contributed by atoms with Crippen molar-refractivity contribution in [2.24, 2.45) is 11.8 Å². The van der Waals surface area contributed by atoms with Crippen molar-refractivity contribution in [3.05, 3.63) is 13.8 Å². The molecule has 0 saturated heterocycles. The van der Waals surface area contributed by atoms with Crippen molar-refractivity contribution in [3.63, 3.8) is 0 Å². The van der Waals surface area contributed by atoms with Gasteiger partial charge in [-0.15, -0.1) is 0 Å². The van der Waals surface area contributed by atoms with E-state index in [1.807, 2.05) is 0 Å². The van der Waals surface area contributed by atoms with E-state index < -0.39 is 0 Å². The Morgan fingerprint density at radius 2 is 0.917 bits per heavy atom. The Morgan fingerprint density at radius 1 is 0.833 bits per heavy atom. The summed E-state index contributed by atoms with van der Waals surface area (Å²) in [5.74, 6) is 1.55. The molecule has 0 rings (SSSR count). The van der Waals surface area contributed by atoms with Crippen molar-refractivity contribution < 1.29 is 27.2 Å². The summed E-state index contributed by atoms with van der Waals surface area (Å²) in [6, 6.07) is 0. The van der Waals surface area contributed by atoms with E-state index in [2.05, 4.69) is 41.5 Å². The summed E-state index contributed by atoms with van der Waals surface area (Å²) in [7, 11) is 0. The molecule has 74 valence electrons. The molecular weight excluding hydrogens is 184 g/mol. The van der Waals surface area contributed by atoms with E-state index in [0.717, 1.165) is 24.7 Å². The minimum Gasteiger partial charge on any atom is -0.412 e. The van der Waals surface area contributed by atoms with Gasteiger partial charge >= 0.3 is 21.7 Å². The van der Waals surface area contributed by atoms with Gasteiger partial charge in [0.2, 0.25) is 0 Å². The molecule has 0 aliphatic heterocycles. The molecule has 0 unspecified atom stereocenters. The summed E-state index contributed by atoms with van der Waals surface area (Å²) >= 11 is 0. The minimum absolute atomic E-state index is 0. The first-order chi connectivity index (χ1) is 4.54.